The molecule has 0 unspecified atom stereocenters. The number of hydrogen-bond donors (Lipinski definition) is 0. The zero-order valence-electron chi connectivity index (χ0n) is 21.9. The van der Waals surface area contributed by atoms with Crippen molar-refractivity contribution in [2.75, 3.05) is 13.4 Å². The summed E-state index contributed by atoms with van der Waals surface area (Å²) in [7, 11) is 0. The summed E-state index contributed by atoms with van der Waals surface area (Å²) in [6, 6.07) is 4.96. The SMILES string of the molecule is C=CC(=O)OCOC1CCC(C(=O)Oc2ccc(OC(=O)C3CCC(COC(=O)C=C)CC3)cc2C)CC1. The van der Waals surface area contributed by atoms with E-state index in [2.05, 4.69) is 13.2 Å². The summed E-state index contributed by atoms with van der Waals surface area (Å²) in [5.74, 6) is -0.916. The Morgan fingerprint density at radius 2 is 1.39 bits per heavy atom. The average Bonchev–Trinajstić information content (AvgIpc) is 2.93. The Bertz CT molecular complexity index is 1010. The number of hydrogen-bond acceptors (Lipinski definition) is 9. The van der Waals surface area contributed by atoms with Crippen molar-refractivity contribution in [1.29, 1.82) is 0 Å². The van der Waals surface area contributed by atoms with Crippen molar-refractivity contribution in [2.45, 2.75) is 64.4 Å². The van der Waals surface area contributed by atoms with Gasteiger partial charge in [-0.05, 0) is 88.0 Å². The summed E-state index contributed by atoms with van der Waals surface area (Å²) < 4.78 is 26.7. The number of benzene rings is 1. The normalized spacial score (nSPS) is 23.0. The molecule has 0 saturated heterocycles. The molecule has 0 atom stereocenters. The predicted molar refractivity (Wildman–Crippen MR) is 137 cm³/mol. The Hall–Kier alpha value is -3.46. The molecule has 0 aliphatic heterocycles. The van der Waals surface area contributed by atoms with Gasteiger partial charge in [0.25, 0.3) is 0 Å². The first-order chi connectivity index (χ1) is 18.3. The quantitative estimate of drug-likeness (QED) is 0.176. The summed E-state index contributed by atoms with van der Waals surface area (Å²) in [6.07, 6.45) is 7.65. The van der Waals surface area contributed by atoms with Gasteiger partial charge in [0.1, 0.15) is 11.5 Å². The van der Waals surface area contributed by atoms with E-state index in [1.807, 2.05) is 0 Å². The van der Waals surface area contributed by atoms with Gasteiger partial charge in [0.05, 0.1) is 24.5 Å². The van der Waals surface area contributed by atoms with Crippen LogP contribution in [0, 0.1) is 24.7 Å². The molecule has 1 aromatic rings. The summed E-state index contributed by atoms with van der Waals surface area (Å²) in [5, 5.41) is 0. The van der Waals surface area contributed by atoms with Crippen molar-refractivity contribution in [1.82, 2.24) is 0 Å². The fraction of sp³-hybridized carbons (Fsp3) is 0.517. The lowest BCUT2D eigenvalue weighted by Crippen LogP contribution is -2.29. The zero-order chi connectivity index (χ0) is 27.5. The second kappa shape index (κ2) is 14.5. The Morgan fingerprint density at radius 1 is 0.816 bits per heavy atom. The van der Waals surface area contributed by atoms with Crippen LogP contribution in [0.15, 0.2) is 43.5 Å². The van der Waals surface area contributed by atoms with Gasteiger partial charge < -0.3 is 23.7 Å². The molecule has 3 rings (SSSR count). The third kappa shape index (κ3) is 8.83. The van der Waals surface area contributed by atoms with E-state index in [1.54, 1.807) is 25.1 Å². The first-order valence-electron chi connectivity index (χ1n) is 13.0. The minimum absolute atomic E-state index is 0.0720. The third-order valence-electron chi connectivity index (χ3n) is 7.06. The van der Waals surface area contributed by atoms with Gasteiger partial charge in [0.2, 0.25) is 0 Å². The smallest absolute Gasteiger partial charge is 0.332 e. The van der Waals surface area contributed by atoms with Gasteiger partial charge in [-0.3, -0.25) is 9.59 Å². The molecule has 0 aromatic heterocycles. The first kappa shape index (κ1) is 29.1. The minimum atomic E-state index is -0.536. The Morgan fingerprint density at radius 3 is 2.00 bits per heavy atom. The predicted octanol–water partition coefficient (Wildman–Crippen LogP) is 4.60. The van der Waals surface area contributed by atoms with E-state index in [4.69, 9.17) is 23.7 Å². The summed E-state index contributed by atoms with van der Waals surface area (Å²) in [4.78, 5) is 47.7. The molecule has 9 nitrogen and oxygen atoms in total. The number of ether oxygens (including phenoxy) is 5. The second-order valence-corrected chi connectivity index (χ2v) is 9.75. The molecule has 2 saturated carbocycles. The van der Waals surface area contributed by atoms with Gasteiger partial charge in [0, 0.05) is 12.2 Å². The van der Waals surface area contributed by atoms with Crippen LogP contribution in [0.5, 0.6) is 11.5 Å². The van der Waals surface area contributed by atoms with E-state index >= 15 is 0 Å². The highest BCUT2D eigenvalue weighted by molar-refractivity contribution is 5.81. The fourth-order valence-corrected chi connectivity index (χ4v) is 4.73. The van der Waals surface area contributed by atoms with E-state index in [1.165, 1.54) is 0 Å². The highest BCUT2D eigenvalue weighted by Crippen LogP contribution is 2.32. The molecule has 0 N–H and O–H groups in total. The van der Waals surface area contributed by atoms with Crippen molar-refractivity contribution in [3.05, 3.63) is 49.1 Å². The lowest BCUT2D eigenvalue weighted by Gasteiger charge is -2.27. The van der Waals surface area contributed by atoms with Crippen molar-refractivity contribution in [3.8, 4) is 11.5 Å². The zero-order valence-corrected chi connectivity index (χ0v) is 21.9. The van der Waals surface area contributed by atoms with Crippen LogP contribution in [-0.2, 0) is 33.4 Å². The maximum atomic E-state index is 12.7. The number of aryl methyl sites for hydroxylation is 1. The Labute approximate surface area is 223 Å². The molecule has 2 aliphatic carbocycles. The van der Waals surface area contributed by atoms with Crippen LogP contribution in [0.2, 0.25) is 0 Å². The van der Waals surface area contributed by atoms with Gasteiger partial charge >= 0.3 is 23.9 Å². The molecule has 1 aromatic carbocycles. The molecular weight excluding hydrogens is 492 g/mol. The molecule has 38 heavy (non-hydrogen) atoms. The van der Waals surface area contributed by atoms with E-state index in [9.17, 15) is 19.2 Å². The Kier molecular flexibility index (Phi) is 11.1. The van der Waals surface area contributed by atoms with Crippen LogP contribution in [0.4, 0.5) is 0 Å². The molecule has 0 amide bonds. The number of rotatable bonds is 11. The van der Waals surface area contributed by atoms with Crippen LogP contribution in [0.1, 0.15) is 56.9 Å². The van der Waals surface area contributed by atoms with Crippen LogP contribution < -0.4 is 9.47 Å². The van der Waals surface area contributed by atoms with Crippen LogP contribution in [0.25, 0.3) is 0 Å². The first-order valence-corrected chi connectivity index (χ1v) is 13.0. The molecule has 2 fully saturated rings. The summed E-state index contributed by atoms with van der Waals surface area (Å²) in [5.41, 5.74) is 0.692. The van der Waals surface area contributed by atoms with Crippen molar-refractivity contribution in [2.24, 2.45) is 17.8 Å². The summed E-state index contributed by atoms with van der Waals surface area (Å²) >= 11 is 0. The third-order valence-corrected chi connectivity index (χ3v) is 7.06. The molecular formula is C29H36O9. The topological polar surface area (TPSA) is 114 Å². The highest BCUT2D eigenvalue weighted by Gasteiger charge is 2.30. The molecule has 206 valence electrons. The van der Waals surface area contributed by atoms with Crippen molar-refractivity contribution >= 4 is 23.9 Å². The molecule has 0 spiro atoms. The Balaban J connectivity index is 1.40. The largest absolute Gasteiger partial charge is 0.462 e. The summed E-state index contributed by atoms with van der Waals surface area (Å²) in [6.45, 7) is 8.72. The lowest BCUT2D eigenvalue weighted by molar-refractivity contribution is -0.157. The molecule has 0 heterocycles. The number of carbonyl (C=O) groups is 4. The molecule has 0 bridgehead atoms. The maximum Gasteiger partial charge on any atom is 0.332 e. The molecule has 0 radical (unpaired) electrons. The number of carbonyl (C=O) groups excluding carboxylic acids is 4. The lowest BCUT2D eigenvalue weighted by atomic mass is 9.82. The van der Waals surface area contributed by atoms with Gasteiger partial charge in [0.15, 0.2) is 6.79 Å². The van der Waals surface area contributed by atoms with E-state index in [-0.39, 0.29) is 42.6 Å². The average molecular weight is 529 g/mol. The van der Waals surface area contributed by atoms with E-state index in [0.717, 1.165) is 25.0 Å². The van der Waals surface area contributed by atoms with E-state index in [0.29, 0.717) is 62.2 Å². The molecule has 9 heteroatoms. The van der Waals surface area contributed by atoms with E-state index < -0.39 is 11.9 Å². The minimum Gasteiger partial charge on any atom is -0.462 e. The van der Waals surface area contributed by atoms with Crippen LogP contribution in [-0.4, -0.2) is 43.4 Å². The van der Waals surface area contributed by atoms with Gasteiger partial charge in [-0.15, -0.1) is 0 Å². The monoisotopic (exact) mass is 528 g/mol. The maximum absolute atomic E-state index is 12.7. The van der Waals surface area contributed by atoms with Gasteiger partial charge in [-0.2, -0.15) is 0 Å². The van der Waals surface area contributed by atoms with Crippen LogP contribution >= 0.6 is 0 Å². The molecule has 2 aliphatic rings. The second-order valence-electron chi connectivity index (χ2n) is 9.75. The standard InChI is InChI=1S/C29H36O9/c1-4-26(30)34-17-20-6-8-21(9-7-20)28(32)37-24-14-15-25(19(3)16-24)38-29(33)22-10-12-23(13-11-22)35-18-36-27(31)5-2/h4-5,14-16,20-23H,1-2,6-13,17-18H2,3H3. The van der Waals surface area contributed by atoms with Gasteiger partial charge in [-0.1, -0.05) is 13.2 Å². The van der Waals surface area contributed by atoms with Crippen molar-refractivity contribution in [3.63, 3.8) is 0 Å². The van der Waals surface area contributed by atoms with Crippen molar-refractivity contribution < 1.29 is 42.9 Å². The highest BCUT2D eigenvalue weighted by atomic mass is 16.7. The van der Waals surface area contributed by atoms with Gasteiger partial charge in [-0.25, -0.2) is 9.59 Å². The number of esters is 4. The van der Waals surface area contributed by atoms with Crippen LogP contribution in [0.3, 0.4) is 0 Å². The fourth-order valence-electron chi connectivity index (χ4n) is 4.73.